The number of hydrogen-bond acceptors (Lipinski definition) is 3. The minimum Gasteiger partial charge on any atom is -0.477 e. The first kappa shape index (κ1) is 12.0. The molecule has 0 bridgehead atoms. The molecule has 0 saturated carbocycles. The molecule has 0 aliphatic rings. The number of carboxylic acid groups (broad SMARTS) is 1. The van der Waals surface area contributed by atoms with E-state index in [1.54, 1.807) is 25.1 Å². The zero-order valence-corrected chi connectivity index (χ0v) is 9.64. The van der Waals surface area contributed by atoms with Gasteiger partial charge in [0.25, 0.3) is 0 Å². The molecule has 1 heterocycles. The number of rotatable bonds is 3. The number of anilines is 2. The Hall–Kier alpha value is -2.43. The first-order valence-corrected chi connectivity index (χ1v) is 5.30. The molecule has 0 aliphatic carbocycles. The van der Waals surface area contributed by atoms with Gasteiger partial charge in [-0.2, -0.15) is 0 Å². The maximum atomic E-state index is 12.9. The van der Waals surface area contributed by atoms with Crippen LogP contribution in [0, 0.1) is 12.7 Å². The zero-order chi connectivity index (χ0) is 13.1. The van der Waals surface area contributed by atoms with Crippen molar-refractivity contribution in [1.29, 1.82) is 0 Å². The van der Waals surface area contributed by atoms with Gasteiger partial charge in [0.05, 0.1) is 0 Å². The van der Waals surface area contributed by atoms with Crippen LogP contribution in [0.1, 0.15) is 16.1 Å². The molecular formula is C13H11FN2O2. The third kappa shape index (κ3) is 2.63. The van der Waals surface area contributed by atoms with E-state index in [0.717, 1.165) is 5.56 Å². The minimum absolute atomic E-state index is 0.0419. The van der Waals surface area contributed by atoms with Crippen LogP contribution in [0.5, 0.6) is 0 Å². The summed E-state index contributed by atoms with van der Waals surface area (Å²) in [6, 6.07) is 8.96. The zero-order valence-electron chi connectivity index (χ0n) is 9.64. The number of nitrogens with zero attached hydrogens (tertiary/aromatic N) is 1. The number of pyridine rings is 1. The van der Waals surface area contributed by atoms with E-state index >= 15 is 0 Å². The molecule has 2 aromatic rings. The van der Waals surface area contributed by atoms with E-state index in [4.69, 9.17) is 5.11 Å². The van der Waals surface area contributed by atoms with Crippen LogP contribution in [-0.4, -0.2) is 16.1 Å². The van der Waals surface area contributed by atoms with Crippen LogP contribution in [0.2, 0.25) is 0 Å². The van der Waals surface area contributed by atoms with Gasteiger partial charge >= 0.3 is 5.97 Å². The quantitative estimate of drug-likeness (QED) is 0.874. The van der Waals surface area contributed by atoms with Crippen LogP contribution >= 0.6 is 0 Å². The summed E-state index contributed by atoms with van der Waals surface area (Å²) in [5, 5.41) is 11.8. The molecular weight excluding hydrogens is 235 g/mol. The highest BCUT2D eigenvalue weighted by Gasteiger charge is 2.06. The number of carbonyl (C=O) groups is 1. The topological polar surface area (TPSA) is 62.2 Å². The molecule has 0 atom stereocenters. The Balaban J connectivity index is 2.28. The monoisotopic (exact) mass is 246 g/mol. The molecule has 0 radical (unpaired) electrons. The lowest BCUT2D eigenvalue weighted by Crippen LogP contribution is -2.03. The van der Waals surface area contributed by atoms with Gasteiger partial charge in [-0.1, -0.05) is 6.07 Å². The van der Waals surface area contributed by atoms with E-state index in [9.17, 15) is 9.18 Å². The standard InChI is InChI=1S/C13H11FN2O2/c1-8-7-9(14)5-6-10(8)15-12-4-2-3-11(16-12)13(17)18/h2-7H,1H3,(H,15,16)(H,17,18). The number of carboxylic acids is 1. The smallest absolute Gasteiger partial charge is 0.354 e. The van der Waals surface area contributed by atoms with Crippen molar-refractivity contribution in [3.05, 3.63) is 53.5 Å². The number of benzene rings is 1. The largest absolute Gasteiger partial charge is 0.477 e. The van der Waals surface area contributed by atoms with E-state index in [1.165, 1.54) is 18.2 Å². The first-order chi connectivity index (χ1) is 8.56. The first-order valence-electron chi connectivity index (χ1n) is 5.30. The lowest BCUT2D eigenvalue weighted by Gasteiger charge is -2.09. The van der Waals surface area contributed by atoms with Crippen LogP contribution in [0.3, 0.4) is 0 Å². The Labute approximate surface area is 103 Å². The SMILES string of the molecule is Cc1cc(F)ccc1Nc1cccc(C(=O)O)n1. The van der Waals surface area contributed by atoms with E-state index in [-0.39, 0.29) is 11.5 Å². The lowest BCUT2D eigenvalue weighted by atomic mass is 10.2. The maximum Gasteiger partial charge on any atom is 0.354 e. The van der Waals surface area contributed by atoms with Gasteiger partial charge < -0.3 is 10.4 Å². The molecule has 0 amide bonds. The summed E-state index contributed by atoms with van der Waals surface area (Å²) in [6.45, 7) is 1.76. The fourth-order valence-corrected chi connectivity index (χ4v) is 1.53. The van der Waals surface area contributed by atoms with Crippen molar-refractivity contribution in [1.82, 2.24) is 4.98 Å². The van der Waals surface area contributed by atoms with Crippen LogP contribution in [0.4, 0.5) is 15.9 Å². The van der Waals surface area contributed by atoms with Crippen LogP contribution < -0.4 is 5.32 Å². The molecule has 1 aromatic heterocycles. The van der Waals surface area contributed by atoms with Crippen molar-refractivity contribution < 1.29 is 14.3 Å². The number of halogens is 1. The van der Waals surface area contributed by atoms with Crippen molar-refractivity contribution in [3.63, 3.8) is 0 Å². The fraction of sp³-hybridized carbons (Fsp3) is 0.0769. The van der Waals surface area contributed by atoms with Gasteiger partial charge in [0.2, 0.25) is 0 Å². The lowest BCUT2D eigenvalue weighted by molar-refractivity contribution is 0.0690. The van der Waals surface area contributed by atoms with E-state index < -0.39 is 5.97 Å². The van der Waals surface area contributed by atoms with Gasteiger partial charge in [0.15, 0.2) is 5.69 Å². The number of aromatic carboxylic acids is 1. The highest BCUT2D eigenvalue weighted by atomic mass is 19.1. The van der Waals surface area contributed by atoms with Gasteiger partial charge in [-0.05, 0) is 42.8 Å². The molecule has 0 saturated heterocycles. The molecule has 18 heavy (non-hydrogen) atoms. The number of nitrogens with one attached hydrogen (secondary N) is 1. The summed E-state index contributed by atoms with van der Waals surface area (Å²) in [5.41, 5.74) is 1.36. The van der Waals surface area contributed by atoms with Crippen molar-refractivity contribution in [3.8, 4) is 0 Å². The molecule has 0 spiro atoms. The second-order valence-corrected chi connectivity index (χ2v) is 3.80. The molecule has 0 aliphatic heterocycles. The second-order valence-electron chi connectivity index (χ2n) is 3.80. The average molecular weight is 246 g/mol. The summed E-state index contributed by atoms with van der Waals surface area (Å²) in [4.78, 5) is 14.7. The highest BCUT2D eigenvalue weighted by molar-refractivity contribution is 5.85. The van der Waals surface area contributed by atoms with Crippen LogP contribution in [-0.2, 0) is 0 Å². The van der Waals surface area contributed by atoms with Crippen molar-refractivity contribution in [2.24, 2.45) is 0 Å². The molecule has 1 aromatic carbocycles. The predicted octanol–water partition coefficient (Wildman–Crippen LogP) is 2.97. The molecule has 92 valence electrons. The third-order valence-electron chi connectivity index (χ3n) is 2.42. The van der Waals surface area contributed by atoms with Crippen molar-refractivity contribution in [2.75, 3.05) is 5.32 Å². The third-order valence-corrected chi connectivity index (χ3v) is 2.42. The fourth-order valence-electron chi connectivity index (χ4n) is 1.53. The summed E-state index contributed by atoms with van der Waals surface area (Å²) >= 11 is 0. The number of hydrogen-bond donors (Lipinski definition) is 2. The van der Waals surface area contributed by atoms with Crippen LogP contribution in [0.25, 0.3) is 0 Å². The Morgan fingerprint density at radius 3 is 2.78 bits per heavy atom. The Kier molecular flexibility index (Phi) is 3.23. The second kappa shape index (κ2) is 4.83. The normalized spacial score (nSPS) is 10.1. The van der Waals surface area contributed by atoms with Gasteiger partial charge in [0, 0.05) is 5.69 Å². The van der Waals surface area contributed by atoms with E-state index in [0.29, 0.717) is 11.5 Å². The molecule has 0 fully saturated rings. The van der Waals surface area contributed by atoms with Crippen molar-refractivity contribution >= 4 is 17.5 Å². The average Bonchev–Trinajstić information content (AvgIpc) is 2.33. The summed E-state index contributed by atoms with van der Waals surface area (Å²) in [6.07, 6.45) is 0. The maximum absolute atomic E-state index is 12.9. The molecule has 4 nitrogen and oxygen atoms in total. The summed E-state index contributed by atoms with van der Waals surface area (Å²) < 4.78 is 12.9. The number of aromatic nitrogens is 1. The highest BCUT2D eigenvalue weighted by Crippen LogP contribution is 2.20. The molecule has 0 unspecified atom stereocenters. The summed E-state index contributed by atoms with van der Waals surface area (Å²) in [7, 11) is 0. The Morgan fingerprint density at radius 2 is 2.11 bits per heavy atom. The Morgan fingerprint density at radius 1 is 1.33 bits per heavy atom. The van der Waals surface area contributed by atoms with Crippen LogP contribution in [0.15, 0.2) is 36.4 Å². The van der Waals surface area contributed by atoms with E-state index in [1.807, 2.05) is 0 Å². The van der Waals surface area contributed by atoms with Gasteiger partial charge in [-0.3, -0.25) is 0 Å². The summed E-state index contributed by atoms with van der Waals surface area (Å²) in [5.74, 6) is -0.996. The number of aryl methyl sites for hydroxylation is 1. The van der Waals surface area contributed by atoms with Crippen molar-refractivity contribution in [2.45, 2.75) is 6.92 Å². The molecule has 2 N–H and O–H groups in total. The molecule has 2 rings (SSSR count). The Bertz CT molecular complexity index is 599. The van der Waals surface area contributed by atoms with E-state index in [2.05, 4.69) is 10.3 Å². The predicted molar refractivity (Wildman–Crippen MR) is 65.6 cm³/mol. The van der Waals surface area contributed by atoms with Gasteiger partial charge in [-0.15, -0.1) is 0 Å². The minimum atomic E-state index is -1.09. The molecule has 5 heteroatoms. The van der Waals surface area contributed by atoms with Gasteiger partial charge in [0.1, 0.15) is 11.6 Å². The van der Waals surface area contributed by atoms with Gasteiger partial charge in [-0.25, -0.2) is 14.2 Å².